The van der Waals surface area contributed by atoms with Gasteiger partial charge in [0.25, 0.3) is 0 Å². The lowest BCUT2D eigenvalue weighted by atomic mass is 10.0. The average molecular weight is 360 g/mol. The lowest BCUT2D eigenvalue weighted by Gasteiger charge is -2.16. The van der Waals surface area contributed by atoms with Crippen LogP contribution in [0.3, 0.4) is 0 Å². The summed E-state index contributed by atoms with van der Waals surface area (Å²) in [5, 5.41) is 4.27. The van der Waals surface area contributed by atoms with E-state index in [2.05, 4.69) is 60.5 Å². The minimum Gasteiger partial charge on any atom is -0.315 e. The first-order chi connectivity index (χ1) is 12.1. The van der Waals surface area contributed by atoms with Crippen molar-refractivity contribution >= 4 is 23.2 Å². The highest BCUT2D eigenvalue weighted by atomic mass is 32.1. The highest BCUT2D eigenvalue weighted by Gasteiger charge is 2.15. The number of aromatic nitrogens is 1. The van der Waals surface area contributed by atoms with Crippen molar-refractivity contribution in [3.8, 4) is 0 Å². The number of allylic oxidation sites excluding steroid dienone is 6. The molecule has 25 heavy (non-hydrogen) atoms. The molecule has 1 unspecified atom stereocenters. The zero-order valence-corrected chi connectivity index (χ0v) is 16.5. The van der Waals surface area contributed by atoms with Crippen LogP contribution in [0.15, 0.2) is 29.9 Å². The van der Waals surface area contributed by atoms with Gasteiger partial charge in [-0.25, -0.2) is 4.98 Å². The third-order valence-electron chi connectivity index (χ3n) is 4.55. The van der Waals surface area contributed by atoms with Gasteiger partial charge in [-0.1, -0.05) is 31.2 Å². The third-order valence-corrected chi connectivity index (χ3v) is 5.67. The Hall–Kier alpha value is -1.56. The van der Waals surface area contributed by atoms with Gasteiger partial charge < -0.3 is 10.2 Å². The summed E-state index contributed by atoms with van der Waals surface area (Å²) < 4.78 is 0. The Kier molecular flexibility index (Phi) is 7.75. The molecule has 1 aromatic heterocycles. The predicted molar refractivity (Wildman–Crippen MR) is 107 cm³/mol. The Morgan fingerprint density at radius 3 is 2.76 bits per heavy atom. The average Bonchev–Trinajstić information content (AvgIpc) is 3.20. The summed E-state index contributed by atoms with van der Waals surface area (Å²) in [5.41, 5.74) is 3.29. The van der Waals surface area contributed by atoms with Crippen molar-refractivity contribution in [2.24, 2.45) is 0 Å². The topological polar surface area (TPSA) is 45.2 Å². The largest absolute Gasteiger partial charge is 0.315 e. The summed E-state index contributed by atoms with van der Waals surface area (Å²) in [6.07, 6.45) is 12.6. The molecule has 5 heteroatoms. The Labute approximate surface area is 155 Å². The van der Waals surface area contributed by atoms with Gasteiger partial charge in [0.2, 0.25) is 0 Å². The van der Waals surface area contributed by atoms with Crippen LogP contribution in [0.1, 0.15) is 46.6 Å². The molecule has 1 aliphatic heterocycles. The van der Waals surface area contributed by atoms with E-state index in [0.717, 1.165) is 40.7 Å². The Bertz CT molecular complexity index is 664. The van der Waals surface area contributed by atoms with Crippen LogP contribution < -0.4 is 5.32 Å². The van der Waals surface area contributed by atoms with Gasteiger partial charge in [0.05, 0.1) is 10.6 Å². The molecule has 0 amide bonds. The predicted octanol–water partition coefficient (Wildman–Crippen LogP) is 3.85. The molecule has 1 saturated heterocycles. The van der Waals surface area contributed by atoms with Crippen LogP contribution in [0.2, 0.25) is 0 Å². The number of hydrogen-bond donors (Lipinski definition) is 1. The molecular weight excluding hydrogens is 330 g/mol. The summed E-state index contributed by atoms with van der Waals surface area (Å²) in [7, 11) is 4.27. The van der Waals surface area contributed by atoms with Crippen LogP contribution in [0.4, 0.5) is 0 Å². The number of aryl methyl sites for hydroxylation is 1. The standard InChI is InChI=1S/C14H15NOS.C6H14N2/c1-3-11-7-5-4-6-8-12(11)14-15-10(2)13(9-16)17-14;1-8(2)6-3-4-7-5-6/h4-5,7-9H,3,6H2,1-2H3;6-7H,3-5H2,1-2H3. The first-order valence-electron chi connectivity index (χ1n) is 8.93. The molecule has 0 spiro atoms. The third kappa shape index (κ3) is 5.46. The molecular formula is C20H29N3OS. The van der Waals surface area contributed by atoms with Gasteiger partial charge in [-0.3, -0.25) is 4.79 Å². The van der Waals surface area contributed by atoms with E-state index in [4.69, 9.17) is 0 Å². The van der Waals surface area contributed by atoms with Gasteiger partial charge in [0, 0.05) is 18.2 Å². The zero-order chi connectivity index (χ0) is 18.2. The molecule has 4 nitrogen and oxygen atoms in total. The summed E-state index contributed by atoms with van der Waals surface area (Å²) in [6, 6.07) is 0.787. The van der Waals surface area contributed by atoms with Gasteiger partial charge in [-0.15, -0.1) is 11.3 Å². The highest BCUT2D eigenvalue weighted by molar-refractivity contribution is 7.14. The minimum absolute atomic E-state index is 0.730. The summed E-state index contributed by atoms with van der Waals surface area (Å²) in [4.78, 5) is 18.4. The molecule has 0 aromatic carbocycles. The summed E-state index contributed by atoms with van der Waals surface area (Å²) in [6.45, 7) is 6.39. The van der Waals surface area contributed by atoms with Gasteiger partial charge in [-0.05, 0) is 52.4 Å². The minimum atomic E-state index is 0.730. The second kappa shape index (κ2) is 9.80. The van der Waals surface area contributed by atoms with E-state index >= 15 is 0 Å². The molecule has 1 N–H and O–H groups in total. The van der Waals surface area contributed by atoms with E-state index in [9.17, 15) is 4.79 Å². The number of hydrogen-bond acceptors (Lipinski definition) is 5. The number of carbonyl (C=O) groups excluding carboxylic acids is 1. The number of nitrogens with one attached hydrogen (secondary N) is 1. The van der Waals surface area contributed by atoms with E-state index in [1.807, 2.05) is 6.92 Å². The second-order valence-electron chi connectivity index (χ2n) is 6.52. The lowest BCUT2D eigenvalue weighted by molar-refractivity contribution is 0.112. The number of nitrogens with zero attached hydrogens (tertiary/aromatic N) is 2. The molecule has 1 aliphatic carbocycles. The second-order valence-corrected chi connectivity index (χ2v) is 7.55. The van der Waals surface area contributed by atoms with Gasteiger partial charge in [0.15, 0.2) is 6.29 Å². The summed E-state index contributed by atoms with van der Waals surface area (Å²) in [5.74, 6) is 0. The highest BCUT2D eigenvalue weighted by Crippen LogP contribution is 2.31. The maximum Gasteiger partial charge on any atom is 0.161 e. The van der Waals surface area contributed by atoms with Crippen molar-refractivity contribution in [1.82, 2.24) is 15.2 Å². The summed E-state index contributed by atoms with van der Waals surface area (Å²) >= 11 is 1.48. The van der Waals surface area contributed by atoms with Crippen molar-refractivity contribution in [3.63, 3.8) is 0 Å². The molecule has 0 bridgehead atoms. The van der Waals surface area contributed by atoms with E-state index in [0.29, 0.717) is 0 Å². The fourth-order valence-electron chi connectivity index (χ4n) is 2.92. The SMILES string of the molecule is CCC1=CC=CCC=C1c1nc(C)c(C=O)s1.CN(C)C1CCNC1. The normalized spacial score (nSPS) is 19.8. The van der Waals surface area contributed by atoms with Crippen molar-refractivity contribution in [3.05, 3.63) is 45.5 Å². The fourth-order valence-corrected chi connectivity index (χ4v) is 3.87. The number of thiazole rings is 1. The molecule has 1 fully saturated rings. The monoisotopic (exact) mass is 359 g/mol. The Balaban J connectivity index is 0.000000236. The van der Waals surface area contributed by atoms with Gasteiger partial charge in [-0.2, -0.15) is 0 Å². The smallest absolute Gasteiger partial charge is 0.161 e. The van der Waals surface area contributed by atoms with E-state index in [1.54, 1.807) is 0 Å². The number of likely N-dealkylation sites (N-methyl/N-ethyl adjacent to an activating group) is 1. The van der Waals surface area contributed by atoms with Crippen molar-refractivity contribution in [2.75, 3.05) is 27.2 Å². The van der Waals surface area contributed by atoms with E-state index in [-0.39, 0.29) is 0 Å². The molecule has 2 heterocycles. The van der Waals surface area contributed by atoms with E-state index in [1.165, 1.54) is 42.0 Å². The molecule has 1 aromatic rings. The Morgan fingerprint density at radius 2 is 2.24 bits per heavy atom. The van der Waals surface area contributed by atoms with Gasteiger partial charge >= 0.3 is 0 Å². The lowest BCUT2D eigenvalue weighted by Crippen LogP contribution is -2.29. The van der Waals surface area contributed by atoms with Crippen LogP contribution in [-0.4, -0.2) is 49.4 Å². The molecule has 3 rings (SSSR count). The molecule has 0 radical (unpaired) electrons. The van der Waals surface area contributed by atoms with Crippen LogP contribution >= 0.6 is 11.3 Å². The number of rotatable bonds is 4. The van der Waals surface area contributed by atoms with Crippen LogP contribution in [0.5, 0.6) is 0 Å². The van der Waals surface area contributed by atoms with Crippen LogP contribution in [0, 0.1) is 6.92 Å². The number of aldehydes is 1. The van der Waals surface area contributed by atoms with E-state index < -0.39 is 0 Å². The maximum absolute atomic E-state index is 10.9. The van der Waals surface area contributed by atoms with Crippen LogP contribution in [-0.2, 0) is 0 Å². The van der Waals surface area contributed by atoms with Crippen LogP contribution in [0.25, 0.3) is 5.57 Å². The van der Waals surface area contributed by atoms with Crippen molar-refractivity contribution < 1.29 is 4.79 Å². The van der Waals surface area contributed by atoms with Crippen molar-refractivity contribution in [1.29, 1.82) is 0 Å². The molecule has 2 aliphatic rings. The van der Waals surface area contributed by atoms with Crippen molar-refractivity contribution in [2.45, 2.75) is 39.2 Å². The first kappa shape index (κ1) is 19.8. The quantitative estimate of drug-likeness (QED) is 0.830. The molecule has 0 saturated carbocycles. The first-order valence-corrected chi connectivity index (χ1v) is 9.74. The maximum atomic E-state index is 10.9. The number of carbonyl (C=O) groups is 1. The zero-order valence-electron chi connectivity index (χ0n) is 15.7. The van der Waals surface area contributed by atoms with Gasteiger partial charge in [0.1, 0.15) is 5.01 Å². The Morgan fingerprint density at radius 1 is 1.44 bits per heavy atom. The molecule has 136 valence electrons. The molecule has 1 atom stereocenters. The fraction of sp³-hybridized carbons (Fsp3) is 0.500.